The van der Waals surface area contributed by atoms with Crippen molar-refractivity contribution in [2.24, 2.45) is 0 Å². The van der Waals surface area contributed by atoms with Gasteiger partial charge in [-0.2, -0.15) is 0 Å². The largest absolute Gasteiger partial charge is 0.390 e. The van der Waals surface area contributed by atoms with E-state index in [9.17, 15) is 0 Å². The van der Waals surface area contributed by atoms with Crippen LogP contribution >= 0.6 is 34.7 Å². The summed E-state index contributed by atoms with van der Waals surface area (Å²) in [4.78, 5) is 5.34. The molecule has 78 valence electrons. The first-order valence-corrected chi connectivity index (χ1v) is 6.34. The molecule has 1 N–H and O–H groups in total. The molecule has 2 nitrogen and oxygen atoms in total. The van der Waals surface area contributed by atoms with Crippen molar-refractivity contribution < 1.29 is 5.11 Å². The van der Waals surface area contributed by atoms with Crippen LogP contribution in [-0.2, 0) is 6.61 Å². The Morgan fingerprint density at radius 1 is 1.33 bits per heavy atom. The van der Waals surface area contributed by atoms with Gasteiger partial charge in [0.25, 0.3) is 0 Å². The molecule has 5 heteroatoms. The number of hydrogen-bond acceptors (Lipinski definition) is 4. The molecule has 0 saturated carbocycles. The fourth-order valence-electron chi connectivity index (χ4n) is 1.01. The van der Waals surface area contributed by atoms with Crippen LogP contribution in [0.4, 0.5) is 0 Å². The first-order valence-electron chi connectivity index (χ1n) is 4.26. The van der Waals surface area contributed by atoms with Gasteiger partial charge < -0.3 is 5.11 Å². The van der Waals surface area contributed by atoms with Crippen molar-refractivity contribution in [3.8, 4) is 0 Å². The topological polar surface area (TPSA) is 33.1 Å². The van der Waals surface area contributed by atoms with Gasteiger partial charge in [0.15, 0.2) is 4.34 Å². The van der Waals surface area contributed by atoms with Crippen molar-refractivity contribution >= 4 is 34.7 Å². The lowest BCUT2D eigenvalue weighted by Gasteiger charge is -1.96. The van der Waals surface area contributed by atoms with E-state index in [-0.39, 0.29) is 6.61 Å². The number of halogens is 1. The van der Waals surface area contributed by atoms with Crippen molar-refractivity contribution in [2.75, 3.05) is 0 Å². The van der Waals surface area contributed by atoms with Crippen LogP contribution in [0.15, 0.2) is 38.9 Å². The van der Waals surface area contributed by atoms with E-state index in [1.807, 2.05) is 29.6 Å². The maximum absolute atomic E-state index is 8.87. The highest BCUT2D eigenvalue weighted by Gasteiger charge is 2.03. The highest BCUT2D eigenvalue weighted by atomic mass is 35.5. The Labute approximate surface area is 101 Å². The molecule has 15 heavy (non-hydrogen) atoms. The molecule has 1 aromatic heterocycles. The summed E-state index contributed by atoms with van der Waals surface area (Å²) in [6.07, 6.45) is 0. The lowest BCUT2D eigenvalue weighted by molar-refractivity contribution is 0.277. The predicted molar refractivity (Wildman–Crippen MR) is 63.6 cm³/mol. The summed E-state index contributed by atoms with van der Waals surface area (Å²) in [5, 5.41) is 11.5. The van der Waals surface area contributed by atoms with E-state index in [0.29, 0.717) is 0 Å². The van der Waals surface area contributed by atoms with Gasteiger partial charge in [0, 0.05) is 15.3 Å². The smallest absolute Gasteiger partial charge is 0.155 e. The van der Waals surface area contributed by atoms with Gasteiger partial charge in [-0.15, -0.1) is 11.3 Å². The molecule has 0 radical (unpaired) electrons. The van der Waals surface area contributed by atoms with Crippen LogP contribution < -0.4 is 0 Å². The Morgan fingerprint density at radius 3 is 2.67 bits per heavy atom. The van der Waals surface area contributed by atoms with E-state index in [1.54, 1.807) is 11.8 Å². The van der Waals surface area contributed by atoms with Crippen LogP contribution in [0.3, 0.4) is 0 Å². The molecule has 0 unspecified atom stereocenters. The van der Waals surface area contributed by atoms with Gasteiger partial charge in [0.1, 0.15) is 0 Å². The van der Waals surface area contributed by atoms with E-state index in [4.69, 9.17) is 16.7 Å². The zero-order valence-corrected chi connectivity index (χ0v) is 10.1. The van der Waals surface area contributed by atoms with Crippen LogP contribution in [0.2, 0.25) is 5.02 Å². The molecule has 2 rings (SSSR count). The molecule has 0 aliphatic carbocycles. The summed E-state index contributed by atoms with van der Waals surface area (Å²) in [6, 6.07) is 7.61. The quantitative estimate of drug-likeness (QED) is 0.914. The molecule has 2 aromatic rings. The summed E-state index contributed by atoms with van der Waals surface area (Å²) >= 11 is 8.89. The third-order valence-electron chi connectivity index (χ3n) is 1.71. The minimum absolute atomic E-state index is 0.00230. The molecule has 0 atom stereocenters. The SMILES string of the molecule is OCc1csc(Sc2ccc(Cl)cc2)n1. The zero-order chi connectivity index (χ0) is 10.7. The molecule has 0 aliphatic rings. The van der Waals surface area contributed by atoms with Crippen LogP contribution in [0.1, 0.15) is 5.69 Å². The van der Waals surface area contributed by atoms with Gasteiger partial charge in [0.05, 0.1) is 12.3 Å². The van der Waals surface area contributed by atoms with Gasteiger partial charge in [-0.25, -0.2) is 4.98 Å². The Balaban J connectivity index is 2.11. The number of benzene rings is 1. The Morgan fingerprint density at radius 2 is 2.07 bits per heavy atom. The monoisotopic (exact) mass is 257 g/mol. The molecule has 0 saturated heterocycles. The first kappa shape index (κ1) is 11.0. The number of nitrogens with zero attached hydrogens (tertiary/aromatic N) is 1. The summed E-state index contributed by atoms with van der Waals surface area (Å²) in [5.74, 6) is 0. The second kappa shape index (κ2) is 4.99. The van der Waals surface area contributed by atoms with Gasteiger partial charge in [-0.3, -0.25) is 0 Å². The highest BCUT2D eigenvalue weighted by molar-refractivity contribution is 8.01. The molecule has 0 amide bonds. The molecular formula is C10H8ClNOS2. The third kappa shape index (κ3) is 2.95. The number of aromatic nitrogens is 1. The lowest BCUT2D eigenvalue weighted by atomic mass is 10.4. The fourth-order valence-corrected chi connectivity index (χ4v) is 2.93. The minimum Gasteiger partial charge on any atom is -0.390 e. The van der Waals surface area contributed by atoms with Crippen LogP contribution in [0, 0.1) is 0 Å². The molecular weight excluding hydrogens is 250 g/mol. The summed E-state index contributed by atoms with van der Waals surface area (Å²) in [5.41, 5.74) is 0.719. The zero-order valence-electron chi connectivity index (χ0n) is 7.68. The standard InChI is InChI=1S/C10H8ClNOS2/c11-7-1-3-9(4-2-7)15-10-12-8(5-13)6-14-10/h1-4,6,13H,5H2. The maximum Gasteiger partial charge on any atom is 0.155 e. The fraction of sp³-hybridized carbons (Fsp3) is 0.100. The van der Waals surface area contributed by atoms with Crippen molar-refractivity contribution in [1.82, 2.24) is 4.98 Å². The third-order valence-corrected chi connectivity index (χ3v) is 3.96. The number of rotatable bonds is 3. The van der Waals surface area contributed by atoms with Gasteiger partial charge in [-0.1, -0.05) is 23.4 Å². The van der Waals surface area contributed by atoms with Crippen molar-refractivity contribution in [3.05, 3.63) is 40.4 Å². The van der Waals surface area contributed by atoms with Crippen LogP contribution in [0.25, 0.3) is 0 Å². The predicted octanol–water partition coefficient (Wildman–Crippen LogP) is 3.44. The number of aliphatic hydroxyl groups is 1. The van der Waals surface area contributed by atoms with Crippen molar-refractivity contribution in [1.29, 1.82) is 0 Å². The summed E-state index contributed by atoms with van der Waals surface area (Å²) < 4.78 is 0.932. The number of aliphatic hydroxyl groups excluding tert-OH is 1. The molecule has 1 aromatic carbocycles. The average Bonchev–Trinajstić information content (AvgIpc) is 2.69. The second-order valence-corrected chi connectivity index (χ2v) is 5.43. The maximum atomic E-state index is 8.87. The van der Waals surface area contributed by atoms with Crippen LogP contribution in [0.5, 0.6) is 0 Å². The van der Waals surface area contributed by atoms with Gasteiger partial charge in [0.2, 0.25) is 0 Å². The van der Waals surface area contributed by atoms with E-state index < -0.39 is 0 Å². The van der Waals surface area contributed by atoms with E-state index in [2.05, 4.69) is 4.98 Å². The number of hydrogen-bond donors (Lipinski definition) is 1. The summed E-state index contributed by atoms with van der Waals surface area (Å²) in [6.45, 7) is -0.00230. The van der Waals surface area contributed by atoms with Crippen molar-refractivity contribution in [3.63, 3.8) is 0 Å². The van der Waals surface area contributed by atoms with Crippen LogP contribution in [-0.4, -0.2) is 10.1 Å². The van der Waals surface area contributed by atoms with E-state index in [0.717, 1.165) is 20.0 Å². The lowest BCUT2D eigenvalue weighted by Crippen LogP contribution is -1.80. The number of thiazole rings is 1. The summed E-state index contributed by atoms with van der Waals surface area (Å²) in [7, 11) is 0. The normalized spacial score (nSPS) is 10.5. The second-order valence-electron chi connectivity index (χ2n) is 2.82. The average molecular weight is 258 g/mol. The van der Waals surface area contributed by atoms with Gasteiger partial charge >= 0.3 is 0 Å². The van der Waals surface area contributed by atoms with Gasteiger partial charge in [-0.05, 0) is 24.3 Å². The molecule has 1 heterocycles. The Kier molecular flexibility index (Phi) is 3.64. The first-order chi connectivity index (χ1) is 7.28. The molecule has 0 spiro atoms. The Bertz CT molecular complexity index is 441. The molecule has 0 fully saturated rings. The molecule has 0 bridgehead atoms. The van der Waals surface area contributed by atoms with E-state index >= 15 is 0 Å². The van der Waals surface area contributed by atoms with Crippen molar-refractivity contribution in [2.45, 2.75) is 15.8 Å². The van der Waals surface area contributed by atoms with E-state index in [1.165, 1.54) is 11.3 Å². The molecule has 0 aliphatic heterocycles. The Hall–Kier alpha value is -0.550. The highest BCUT2D eigenvalue weighted by Crippen LogP contribution is 2.30. The minimum atomic E-state index is -0.00230.